The third-order valence-corrected chi connectivity index (χ3v) is 9.67. The maximum Gasteiger partial charge on any atom is 0.301 e. The van der Waals surface area contributed by atoms with Gasteiger partial charge in [0.2, 0.25) is 5.13 Å². The van der Waals surface area contributed by atoms with Gasteiger partial charge in [0.05, 0.1) is 11.6 Å². The van der Waals surface area contributed by atoms with Crippen molar-refractivity contribution in [2.75, 3.05) is 4.90 Å². The SMILES string of the molecule is C[C@H]1Cc2cc(C(O)=C3C(=O)C(=O)N(c4nnc(SCc5ccc(Cl)cc5Cl)s4)[C@@H]3c3cccc(Cl)c3)ccc2O1. The minimum absolute atomic E-state index is 0.0135. The monoisotopic (exact) mass is 643 g/mol. The van der Waals surface area contributed by atoms with Gasteiger partial charge in [-0.05, 0) is 66.1 Å². The zero-order valence-corrected chi connectivity index (χ0v) is 25.2. The van der Waals surface area contributed by atoms with Crippen LogP contribution in [-0.2, 0) is 21.8 Å². The van der Waals surface area contributed by atoms with Crippen LogP contribution in [0.1, 0.15) is 35.2 Å². The molecule has 0 unspecified atom stereocenters. The number of thioether (sulfide) groups is 1. The van der Waals surface area contributed by atoms with Crippen LogP contribution in [-0.4, -0.2) is 33.1 Å². The number of Topliss-reactive ketones (excluding diaryl/α,β-unsaturated/α-hetero) is 1. The number of aliphatic hydroxyl groups is 1. The van der Waals surface area contributed by atoms with Gasteiger partial charge in [0.15, 0.2) is 4.34 Å². The van der Waals surface area contributed by atoms with E-state index in [0.717, 1.165) is 28.2 Å². The van der Waals surface area contributed by atoms with Crippen molar-refractivity contribution < 1.29 is 19.4 Å². The molecule has 1 aromatic heterocycles. The fraction of sp³-hybridized carbons (Fsp3) is 0.172. The smallest absolute Gasteiger partial charge is 0.301 e. The molecule has 1 saturated heterocycles. The van der Waals surface area contributed by atoms with Crippen molar-refractivity contribution in [2.24, 2.45) is 0 Å². The number of carbonyl (C=O) groups excluding carboxylic acids is 2. The molecule has 0 bridgehead atoms. The number of aliphatic hydroxyl groups excluding tert-OH is 1. The number of aromatic nitrogens is 2. The number of anilines is 1. The van der Waals surface area contributed by atoms with Crippen molar-refractivity contribution in [2.45, 2.75) is 35.6 Å². The number of carbonyl (C=O) groups is 2. The van der Waals surface area contributed by atoms with Crippen LogP contribution in [0.4, 0.5) is 5.13 Å². The van der Waals surface area contributed by atoms with Crippen LogP contribution in [0, 0.1) is 0 Å². The van der Waals surface area contributed by atoms with E-state index in [9.17, 15) is 14.7 Å². The third-order valence-electron chi connectivity index (χ3n) is 6.75. The average molecular weight is 645 g/mol. The predicted octanol–water partition coefficient (Wildman–Crippen LogP) is 7.74. The van der Waals surface area contributed by atoms with Crippen molar-refractivity contribution >= 4 is 80.5 Å². The van der Waals surface area contributed by atoms with Gasteiger partial charge in [0.1, 0.15) is 17.6 Å². The van der Waals surface area contributed by atoms with Crippen molar-refractivity contribution in [3.05, 3.63) is 104 Å². The molecule has 7 nitrogen and oxygen atoms in total. The molecule has 41 heavy (non-hydrogen) atoms. The molecule has 0 aliphatic carbocycles. The van der Waals surface area contributed by atoms with Gasteiger partial charge in [0.25, 0.3) is 5.78 Å². The second-order valence-corrected chi connectivity index (χ2v) is 13.0. The number of benzene rings is 3. The first-order valence-corrected chi connectivity index (χ1v) is 15.4. The molecule has 6 rings (SSSR count). The molecule has 208 valence electrons. The summed E-state index contributed by atoms with van der Waals surface area (Å²) in [6.07, 6.45) is 0.689. The van der Waals surface area contributed by atoms with Gasteiger partial charge in [-0.25, -0.2) is 0 Å². The molecular weight excluding hydrogens is 625 g/mol. The molecule has 2 aliphatic heterocycles. The van der Waals surface area contributed by atoms with Crippen molar-refractivity contribution in [3.63, 3.8) is 0 Å². The molecule has 3 aromatic carbocycles. The lowest BCUT2D eigenvalue weighted by molar-refractivity contribution is -0.132. The molecule has 0 radical (unpaired) electrons. The molecule has 0 saturated carbocycles. The van der Waals surface area contributed by atoms with Crippen LogP contribution in [0.25, 0.3) is 5.76 Å². The second kappa shape index (κ2) is 11.3. The Balaban J connectivity index is 1.38. The first kappa shape index (κ1) is 28.1. The van der Waals surface area contributed by atoms with E-state index < -0.39 is 17.7 Å². The average Bonchev–Trinajstić information content (AvgIpc) is 3.62. The topological polar surface area (TPSA) is 92.6 Å². The van der Waals surface area contributed by atoms with Crippen LogP contribution >= 0.6 is 57.9 Å². The van der Waals surface area contributed by atoms with Crippen LogP contribution in [0.3, 0.4) is 0 Å². The van der Waals surface area contributed by atoms with E-state index in [2.05, 4.69) is 10.2 Å². The number of hydrogen-bond donors (Lipinski definition) is 1. The maximum absolute atomic E-state index is 13.5. The first-order chi connectivity index (χ1) is 19.7. The van der Waals surface area contributed by atoms with Gasteiger partial charge in [-0.1, -0.05) is 76.1 Å². The summed E-state index contributed by atoms with van der Waals surface area (Å²) in [5, 5.41) is 21.7. The second-order valence-electron chi connectivity index (χ2n) is 9.55. The van der Waals surface area contributed by atoms with Crippen molar-refractivity contribution in [3.8, 4) is 5.75 Å². The standard InChI is InChI=1S/C29H20Cl3N3O4S2/c1-14-9-18-10-16(6-8-22(18)39-14)25(36)23-24(15-3-2-4-19(30)11-15)35(27(38)26(23)37)28-33-34-29(41-28)40-13-17-5-7-20(31)12-21(17)32/h2-8,10-12,14,24,36H,9,13H2,1H3/t14-,24+/m0/s1. The number of amides is 1. The number of ketones is 1. The summed E-state index contributed by atoms with van der Waals surface area (Å²) >= 11 is 21.2. The molecule has 12 heteroatoms. The molecule has 2 atom stereocenters. The summed E-state index contributed by atoms with van der Waals surface area (Å²) in [5.41, 5.74) is 2.70. The summed E-state index contributed by atoms with van der Waals surface area (Å²) in [5.74, 6) is -0.686. The number of halogens is 3. The third kappa shape index (κ3) is 5.45. The Kier molecular flexibility index (Phi) is 7.74. The van der Waals surface area contributed by atoms with Gasteiger partial charge >= 0.3 is 5.91 Å². The highest BCUT2D eigenvalue weighted by molar-refractivity contribution is 8.00. The molecular formula is C29H20Cl3N3O4S2. The van der Waals surface area contributed by atoms with Crippen LogP contribution < -0.4 is 9.64 Å². The summed E-state index contributed by atoms with van der Waals surface area (Å²) in [6.45, 7) is 1.96. The molecule has 1 amide bonds. The Morgan fingerprint density at radius 2 is 1.88 bits per heavy atom. The summed E-state index contributed by atoms with van der Waals surface area (Å²) < 4.78 is 6.35. The minimum atomic E-state index is -0.964. The summed E-state index contributed by atoms with van der Waals surface area (Å²) in [4.78, 5) is 28.3. The molecule has 4 aromatic rings. The number of rotatable bonds is 6. The maximum atomic E-state index is 13.5. The lowest BCUT2D eigenvalue weighted by atomic mass is 9.94. The van der Waals surface area contributed by atoms with Crippen molar-refractivity contribution in [1.29, 1.82) is 0 Å². The fourth-order valence-electron chi connectivity index (χ4n) is 4.88. The lowest BCUT2D eigenvalue weighted by Gasteiger charge is -2.22. The number of hydrogen-bond acceptors (Lipinski definition) is 8. The highest BCUT2D eigenvalue weighted by atomic mass is 35.5. The Hall–Kier alpha value is -3.08. The highest BCUT2D eigenvalue weighted by Gasteiger charge is 2.48. The Labute approximate surface area is 258 Å². The van der Waals surface area contributed by atoms with E-state index in [1.165, 1.54) is 16.7 Å². The van der Waals surface area contributed by atoms with Crippen LogP contribution in [0.2, 0.25) is 15.1 Å². The lowest BCUT2D eigenvalue weighted by Crippen LogP contribution is -2.29. The number of ether oxygens (including phenoxy) is 1. The van der Waals surface area contributed by atoms with Gasteiger partial charge in [-0.3, -0.25) is 14.5 Å². The summed E-state index contributed by atoms with van der Waals surface area (Å²) in [7, 11) is 0. The Morgan fingerprint density at radius 3 is 2.66 bits per heavy atom. The molecule has 0 spiro atoms. The van der Waals surface area contributed by atoms with E-state index in [1.807, 2.05) is 13.0 Å². The molecule has 2 aliphatic rings. The van der Waals surface area contributed by atoms with Gasteiger partial charge in [-0.2, -0.15) is 0 Å². The Morgan fingerprint density at radius 1 is 1.07 bits per heavy atom. The number of nitrogens with zero attached hydrogens (tertiary/aromatic N) is 3. The van der Waals surface area contributed by atoms with E-state index in [-0.39, 0.29) is 22.6 Å². The van der Waals surface area contributed by atoms with Gasteiger partial charge in [-0.15, -0.1) is 10.2 Å². The van der Waals surface area contributed by atoms with E-state index in [1.54, 1.807) is 54.6 Å². The zero-order chi connectivity index (χ0) is 28.8. The fourth-order valence-corrected chi connectivity index (χ4v) is 7.51. The quantitative estimate of drug-likeness (QED) is 0.0755. The van der Waals surface area contributed by atoms with E-state index >= 15 is 0 Å². The van der Waals surface area contributed by atoms with Gasteiger partial charge < -0.3 is 9.84 Å². The largest absolute Gasteiger partial charge is 0.507 e. The van der Waals surface area contributed by atoms with Crippen LogP contribution in [0.5, 0.6) is 5.75 Å². The number of fused-ring (bicyclic) bond motifs is 1. The Bertz CT molecular complexity index is 1740. The van der Waals surface area contributed by atoms with Gasteiger partial charge in [0, 0.05) is 32.8 Å². The molecule has 3 heterocycles. The normalized spacial score (nSPS) is 19.5. The summed E-state index contributed by atoms with van der Waals surface area (Å²) in [6, 6.07) is 16.4. The van der Waals surface area contributed by atoms with E-state index in [0.29, 0.717) is 42.7 Å². The van der Waals surface area contributed by atoms with Crippen LogP contribution in [0.15, 0.2) is 70.6 Å². The predicted molar refractivity (Wildman–Crippen MR) is 162 cm³/mol. The minimum Gasteiger partial charge on any atom is -0.507 e. The molecule has 1 fully saturated rings. The molecule has 1 N–H and O–H groups in total. The zero-order valence-electron chi connectivity index (χ0n) is 21.3. The van der Waals surface area contributed by atoms with E-state index in [4.69, 9.17) is 39.5 Å². The first-order valence-electron chi connectivity index (χ1n) is 12.5. The highest BCUT2D eigenvalue weighted by Crippen LogP contribution is 2.45. The van der Waals surface area contributed by atoms with Crippen molar-refractivity contribution in [1.82, 2.24) is 10.2 Å².